The van der Waals surface area contributed by atoms with Crippen LogP contribution in [0.4, 0.5) is 5.69 Å². The molecule has 1 N–H and O–H groups in total. The predicted octanol–water partition coefficient (Wildman–Crippen LogP) is 3.32. The van der Waals surface area contributed by atoms with Crippen LogP contribution >= 0.6 is 0 Å². The van der Waals surface area contributed by atoms with E-state index in [1.165, 1.54) is 18.9 Å². The van der Waals surface area contributed by atoms with Crippen LogP contribution < -0.4 is 14.8 Å². The van der Waals surface area contributed by atoms with E-state index < -0.39 is 5.97 Å². The van der Waals surface area contributed by atoms with Crippen molar-refractivity contribution in [1.29, 1.82) is 0 Å². The zero-order valence-corrected chi connectivity index (χ0v) is 16.3. The lowest BCUT2D eigenvalue weighted by atomic mass is 10.1. The van der Waals surface area contributed by atoms with Crippen LogP contribution in [0.25, 0.3) is 5.69 Å². The number of anilines is 1. The molecule has 8 nitrogen and oxygen atoms in total. The molecule has 29 heavy (non-hydrogen) atoms. The molecule has 150 valence electrons. The molecule has 2 aromatic carbocycles. The van der Waals surface area contributed by atoms with Gasteiger partial charge in [-0.1, -0.05) is 12.1 Å². The van der Waals surface area contributed by atoms with Crippen molar-refractivity contribution in [3.63, 3.8) is 0 Å². The predicted molar refractivity (Wildman–Crippen MR) is 107 cm³/mol. The molecule has 3 aromatic rings. The van der Waals surface area contributed by atoms with Crippen molar-refractivity contribution in [1.82, 2.24) is 9.78 Å². The number of hydrogen-bond acceptors (Lipinski definition) is 6. The van der Waals surface area contributed by atoms with Gasteiger partial charge in [-0.2, -0.15) is 5.10 Å². The number of aromatic nitrogens is 2. The normalized spacial score (nSPS) is 10.3. The number of nitrogens with zero attached hydrogens (tertiary/aromatic N) is 2. The summed E-state index contributed by atoms with van der Waals surface area (Å²) in [6.07, 6.45) is 1.65. The van der Waals surface area contributed by atoms with Crippen LogP contribution in [0.15, 0.2) is 54.7 Å². The van der Waals surface area contributed by atoms with Crippen LogP contribution in [0.2, 0.25) is 0 Å². The van der Waals surface area contributed by atoms with Crippen LogP contribution in [0.5, 0.6) is 11.5 Å². The Morgan fingerprint density at radius 3 is 2.59 bits per heavy atom. The van der Waals surface area contributed by atoms with Crippen molar-refractivity contribution in [3.8, 4) is 17.2 Å². The van der Waals surface area contributed by atoms with E-state index in [1.807, 2.05) is 6.07 Å². The van der Waals surface area contributed by atoms with Crippen LogP contribution in [-0.2, 0) is 4.74 Å². The van der Waals surface area contributed by atoms with E-state index in [2.05, 4.69) is 10.4 Å². The van der Waals surface area contributed by atoms with Crippen LogP contribution in [0.1, 0.15) is 27.8 Å². The number of para-hydroxylation sites is 1. The van der Waals surface area contributed by atoms with Crippen molar-refractivity contribution >= 4 is 17.6 Å². The summed E-state index contributed by atoms with van der Waals surface area (Å²) in [5, 5.41) is 7.06. The minimum absolute atomic E-state index is 0.211. The first-order chi connectivity index (χ1) is 14.1. The number of methoxy groups -OCH3 is 2. The molecule has 0 saturated heterocycles. The second-order valence-corrected chi connectivity index (χ2v) is 5.91. The highest BCUT2D eigenvalue weighted by Gasteiger charge is 2.17. The Morgan fingerprint density at radius 1 is 1.07 bits per heavy atom. The van der Waals surface area contributed by atoms with Gasteiger partial charge >= 0.3 is 5.97 Å². The van der Waals surface area contributed by atoms with Gasteiger partial charge in [-0.05, 0) is 43.3 Å². The number of nitrogens with one attached hydrogen (secondary N) is 1. The van der Waals surface area contributed by atoms with E-state index in [0.29, 0.717) is 28.4 Å². The van der Waals surface area contributed by atoms with Crippen molar-refractivity contribution in [2.45, 2.75) is 6.92 Å². The van der Waals surface area contributed by atoms with Gasteiger partial charge in [-0.3, -0.25) is 4.79 Å². The van der Waals surface area contributed by atoms with Gasteiger partial charge in [0.15, 0.2) is 17.2 Å². The van der Waals surface area contributed by atoms with Crippen LogP contribution in [-0.4, -0.2) is 42.5 Å². The minimum atomic E-state index is -0.485. The molecule has 0 saturated carbocycles. The smallest absolute Gasteiger partial charge is 0.358 e. The molecule has 1 heterocycles. The lowest BCUT2D eigenvalue weighted by molar-refractivity contribution is 0.0519. The lowest BCUT2D eigenvalue weighted by Gasteiger charge is -2.13. The molecule has 0 bridgehead atoms. The second-order valence-electron chi connectivity index (χ2n) is 5.91. The molecule has 0 aliphatic heterocycles. The first-order valence-electron chi connectivity index (χ1n) is 8.93. The minimum Gasteiger partial charge on any atom is -0.493 e. The van der Waals surface area contributed by atoms with Gasteiger partial charge < -0.3 is 19.5 Å². The highest BCUT2D eigenvalue weighted by Crippen LogP contribution is 2.31. The van der Waals surface area contributed by atoms with Gasteiger partial charge in [0.05, 0.1) is 32.1 Å². The molecule has 0 radical (unpaired) electrons. The largest absolute Gasteiger partial charge is 0.493 e. The van der Waals surface area contributed by atoms with Crippen molar-refractivity contribution in [2.24, 2.45) is 0 Å². The van der Waals surface area contributed by atoms with Gasteiger partial charge in [-0.25, -0.2) is 9.48 Å². The topological polar surface area (TPSA) is 91.7 Å². The molecular formula is C21H21N3O5. The first-order valence-corrected chi connectivity index (χ1v) is 8.93. The maximum Gasteiger partial charge on any atom is 0.358 e. The summed E-state index contributed by atoms with van der Waals surface area (Å²) in [7, 11) is 2.99. The van der Waals surface area contributed by atoms with Gasteiger partial charge in [0.2, 0.25) is 0 Å². The highest BCUT2D eigenvalue weighted by atomic mass is 16.5. The third-order valence-corrected chi connectivity index (χ3v) is 4.09. The lowest BCUT2D eigenvalue weighted by Crippen LogP contribution is -2.14. The number of ether oxygens (including phenoxy) is 3. The summed E-state index contributed by atoms with van der Waals surface area (Å²) in [6, 6.07) is 13.7. The Kier molecular flexibility index (Phi) is 6.13. The Balaban J connectivity index is 1.82. The zero-order valence-electron chi connectivity index (χ0n) is 16.3. The van der Waals surface area contributed by atoms with E-state index in [0.717, 1.165) is 0 Å². The second kappa shape index (κ2) is 8.92. The van der Waals surface area contributed by atoms with Crippen molar-refractivity contribution < 1.29 is 23.8 Å². The molecule has 8 heteroatoms. The van der Waals surface area contributed by atoms with E-state index in [-0.39, 0.29) is 18.2 Å². The molecule has 1 amide bonds. The first kappa shape index (κ1) is 19.9. The third-order valence-electron chi connectivity index (χ3n) is 4.09. The van der Waals surface area contributed by atoms with Gasteiger partial charge in [0.1, 0.15) is 0 Å². The average Bonchev–Trinajstić information content (AvgIpc) is 3.24. The number of hydrogen-bond donors (Lipinski definition) is 1. The van der Waals surface area contributed by atoms with E-state index >= 15 is 0 Å². The van der Waals surface area contributed by atoms with Gasteiger partial charge in [0, 0.05) is 11.9 Å². The fraction of sp³-hybridized carbons (Fsp3) is 0.190. The molecule has 0 atom stereocenters. The summed E-state index contributed by atoms with van der Waals surface area (Å²) in [5.41, 5.74) is 1.80. The summed E-state index contributed by atoms with van der Waals surface area (Å²) >= 11 is 0. The van der Waals surface area contributed by atoms with Crippen LogP contribution in [0, 0.1) is 0 Å². The van der Waals surface area contributed by atoms with Crippen LogP contribution in [0.3, 0.4) is 0 Å². The Bertz CT molecular complexity index is 1030. The van der Waals surface area contributed by atoms with Gasteiger partial charge in [0.25, 0.3) is 5.91 Å². The summed E-state index contributed by atoms with van der Waals surface area (Å²) in [6.45, 7) is 2.01. The zero-order chi connectivity index (χ0) is 20.8. The van der Waals surface area contributed by atoms with Crippen molar-refractivity contribution in [2.75, 3.05) is 26.1 Å². The molecule has 0 spiro atoms. The number of esters is 1. The van der Waals surface area contributed by atoms with E-state index in [9.17, 15) is 9.59 Å². The average molecular weight is 395 g/mol. The summed E-state index contributed by atoms with van der Waals surface area (Å²) in [4.78, 5) is 24.5. The van der Waals surface area contributed by atoms with E-state index in [1.54, 1.807) is 55.6 Å². The molecule has 3 rings (SSSR count). The number of amides is 1. The summed E-state index contributed by atoms with van der Waals surface area (Å²) in [5.74, 6) is -0.00171. The number of rotatable bonds is 7. The monoisotopic (exact) mass is 395 g/mol. The number of carbonyl (C=O) groups excluding carboxylic acids is 2. The van der Waals surface area contributed by atoms with Gasteiger partial charge in [-0.15, -0.1) is 0 Å². The number of benzene rings is 2. The molecule has 0 fully saturated rings. The SMILES string of the molecule is CCOC(=O)c1ccn(-c2cccc(NC(=O)c3cccc(OC)c3OC)c2)n1. The summed E-state index contributed by atoms with van der Waals surface area (Å²) < 4.78 is 17.0. The maximum absolute atomic E-state index is 12.7. The van der Waals surface area contributed by atoms with E-state index in [4.69, 9.17) is 14.2 Å². The highest BCUT2D eigenvalue weighted by molar-refractivity contribution is 6.06. The van der Waals surface area contributed by atoms with Crippen molar-refractivity contribution in [3.05, 3.63) is 66.0 Å². The third kappa shape index (κ3) is 4.37. The molecule has 0 aliphatic rings. The molecule has 1 aromatic heterocycles. The molecular weight excluding hydrogens is 374 g/mol. The maximum atomic E-state index is 12.7. The quantitative estimate of drug-likeness (QED) is 0.617. The standard InChI is InChI=1S/C21H21N3O5/c1-4-29-21(26)17-11-12-24(23-17)15-8-5-7-14(13-15)22-20(25)16-9-6-10-18(27-2)19(16)28-3/h5-13H,4H2,1-3H3,(H,22,25). The fourth-order valence-corrected chi connectivity index (χ4v) is 2.77. The number of carbonyl (C=O) groups is 2. The Morgan fingerprint density at radius 2 is 1.86 bits per heavy atom. The Hall–Kier alpha value is -3.81. The molecule has 0 aliphatic carbocycles. The Labute approximate surface area is 168 Å². The fourth-order valence-electron chi connectivity index (χ4n) is 2.77. The molecule has 0 unspecified atom stereocenters.